The molecule has 0 saturated carbocycles. The molecule has 2 heterocycles. The van der Waals surface area contributed by atoms with Gasteiger partial charge in [-0.15, -0.1) is 11.3 Å². The van der Waals surface area contributed by atoms with Crippen molar-refractivity contribution in [1.82, 2.24) is 10.3 Å². The Bertz CT molecular complexity index is 600. The number of rotatable bonds is 4. The summed E-state index contributed by atoms with van der Waals surface area (Å²) in [6.07, 6.45) is 0. The molecule has 100 valence electrons. The third-order valence-electron chi connectivity index (χ3n) is 2.37. The van der Waals surface area contributed by atoms with Crippen LogP contribution in [-0.4, -0.2) is 17.9 Å². The number of anilines is 1. The van der Waals surface area contributed by atoms with Crippen LogP contribution in [0.3, 0.4) is 0 Å². The van der Waals surface area contributed by atoms with Gasteiger partial charge in [0.1, 0.15) is 11.5 Å². The number of carbonyl (C=O) groups is 1. The third-order valence-corrected chi connectivity index (χ3v) is 3.91. The molecule has 0 fully saturated rings. The number of hydrogen-bond acceptors (Lipinski definition) is 4. The highest BCUT2D eigenvalue weighted by molar-refractivity contribution is 7.16. The van der Waals surface area contributed by atoms with Gasteiger partial charge in [-0.25, -0.2) is 4.98 Å². The monoisotopic (exact) mass is 315 g/mol. The van der Waals surface area contributed by atoms with Gasteiger partial charge in [0, 0.05) is 11.9 Å². The summed E-state index contributed by atoms with van der Waals surface area (Å²) in [5.41, 5.74) is 0.205. The minimum Gasteiger partial charge on any atom is -0.373 e. The van der Waals surface area contributed by atoms with Gasteiger partial charge in [-0.05, 0) is 24.3 Å². The standard InChI is InChI=1S/C12H11Cl2N3OS/c1-15-10-5-3-8(13)11(17-10)12(18)16-6-7-2-4-9(14)19-7/h2-5H,6H2,1H3,(H,15,17)(H,16,18). The first-order valence-corrected chi connectivity index (χ1v) is 7.04. The maximum Gasteiger partial charge on any atom is 0.271 e. The van der Waals surface area contributed by atoms with Gasteiger partial charge in [-0.1, -0.05) is 23.2 Å². The molecule has 19 heavy (non-hydrogen) atoms. The van der Waals surface area contributed by atoms with Crippen molar-refractivity contribution in [3.63, 3.8) is 0 Å². The number of carbonyl (C=O) groups excluding carboxylic acids is 1. The largest absolute Gasteiger partial charge is 0.373 e. The topological polar surface area (TPSA) is 54.0 Å². The lowest BCUT2D eigenvalue weighted by Crippen LogP contribution is -2.24. The van der Waals surface area contributed by atoms with Crippen LogP contribution in [0, 0.1) is 0 Å². The highest BCUT2D eigenvalue weighted by atomic mass is 35.5. The third kappa shape index (κ3) is 3.59. The molecule has 2 aromatic heterocycles. The van der Waals surface area contributed by atoms with E-state index in [4.69, 9.17) is 23.2 Å². The first kappa shape index (κ1) is 14.1. The predicted molar refractivity (Wildman–Crippen MR) is 79.3 cm³/mol. The van der Waals surface area contributed by atoms with Crippen LogP contribution in [0.5, 0.6) is 0 Å². The van der Waals surface area contributed by atoms with Crippen LogP contribution >= 0.6 is 34.5 Å². The second kappa shape index (κ2) is 6.23. The minimum atomic E-state index is -0.313. The molecule has 0 saturated heterocycles. The Morgan fingerprint density at radius 1 is 1.32 bits per heavy atom. The average Bonchev–Trinajstić information content (AvgIpc) is 2.82. The van der Waals surface area contributed by atoms with Gasteiger partial charge in [0.25, 0.3) is 5.91 Å². The molecule has 0 bridgehead atoms. The molecule has 0 aliphatic rings. The van der Waals surface area contributed by atoms with Crippen LogP contribution in [0.15, 0.2) is 24.3 Å². The van der Waals surface area contributed by atoms with Crippen LogP contribution in [0.2, 0.25) is 9.36 Å². The van der Waals surface area contributed by atoms with E-state index in [1.54, 1.807) is 25.2 Å². The number of aromatic nitrogens is 1. The van der Waals surface area contributed by atoms with Crippen molar-refractivity contribution in [1.29, 1.82) is 0 Å². The van der Waals surface area contributed by atoms with Gasteiger partial charge < -0.3 is 10.6 Å². The predicted octanol–water partition coefficient (Wildman–Crippen LogP) is 3.42. The lowest BCUT2D eigenvalue weighted by molar-refractivity contribution is 0.0946. The van der Waals surface area contributed by atoms with E-state index in [9.17, 15) is 4.79 Å². The maximum absolute atomic E-state index is 12.0. The number of nitrogens with zero attached hydrogens (tertiary/aromatic N) is 1. The van der Waals surface area contributed by atoms with E-state index in [-0.39, 0.29) is 11.6 Å². The fraction of sp³-hybridized carbons (Fsp3) is 0.167. The Kier molecular flexibility index (Phi) is 4.63. The normalized spacial score (nSPS) is 10.3. The summed E-state index contributed by atoms with van der Waals surface area (Å²) in [6.45, 7) is 0.401. The van der Waals surface area contributed by atoms with E-state index in [2.05, 4.69) is 15.6 Å². The first-order chi connectivity index (χ1) is 9.10. The Morgan fingerprint density at radius 2 is 2.11 bits per heavy atom. The molecule has 2 aromatic rings. The summed E-state index contributed by atoms with van der Waals surface area (Å²) in [4.78, 5) is 17.1. The summed E-state index contributed by atoms with van der Waals surface area (Å²) in [5, 5.41) is 5.94. The summed E-state index contributed by atoms with van der Waals surface area (Å²) in [7, 11) is 1.73. The van der Waals surface area contributed by atoms with E-state index in [0.717, 1.165) is 4.88 Å². The Labute approximate surface area is 124 Å². The first-order valence-electron chi connectivity index (χ1n) is 5.47. The van der Waals surface area contributed by atoms with Crippen LogP contribution in [-0.2, 0) is 6.54 Å². The van der Waals surface area contributed by atoms with Gasteiger partial charge >= 0.3 is 0 Å². The van der Waals surface area contributed by atoms with Crippen LogP contribution in [0.25, 0.3) is 0 Å². The number of pyridine rings is 1. The van der Waals surface area contributed by atoms with Crippen LogP contribution < -0.4 is 10.6 Å². The highest BCUT2D eigenvalue weighted by Crippen LogP contribution is 2.21. The second-order valence-electron chi connectivity index (χ2n) is 3.67. The molecule has 0 aliphatic heterocycles. The van der Waals surface area contributed by atoms with Crippen molar-refractivity contribution in [3.05, 3.63) is 44.2 Å². The fourth-order valence-electron chi connectivity index (χ4n) is 1.44. The molecule has 0 radical (unpaired) electrons. The lowest BCUT2D eigenvalue weighted by atomic mass is 10.3. The minimum absolute atomic E-state index is 0.205. The summed E-state index contributed by atoms with van der Waals surface area (Å²) < 4.78 is 0.692. The Morgan fingerprint density at radius 3 is 2.74 bits per heavy atom. The molecule has 0 spiro atoms. The van der Waals surface area contributed by atoms with Gasteiger partial charge in [0.2, 0.25) is 0 Å². The number of amides is 1. The quantitative estimate of drug-likeness (QED) is 0.909. The van der Waals surface area contributed by atoms with Gasteiger partial charge in [0.05, 0.1) is 15.9 Å². The van der Waals surface area contributed by atoms with E-state index in [0.29, 0.717) is 21.7 Å². The van der Waals surface area contributed by atoms with Crippen LogP contribution in [0.1, 0.15) is 15.4 Å². The average molecular weight is 316 g/mol. The van der Waals surface area contributed by atoms with Crippen molar-refractivity contribution >= 4 is 46.3 Å². The van der Waals surface area contributed by atoms with Crippen molar-refractivity contribution in [3.8, 4) is 0 Å². The zero-order valence-corrected chi connectivity index (χ0v) is 12.4. The molecular weight excluding hydrogens is 305 g/mol. The number of halogens is 2. The Balaban J connectivity index is 2.07. The molecule has 1 amide bonds. The smallest absolute Gasteiger partial charge is 0.271 e. The molecule has 0 aromatic carbocycles. The van der Waals surface area contributed by atoms with E-state index in [1.165, 1.54) is 11.3 Å². The van der Waals surface area contributed by atoms with Crippen molar-refractivity contribution < 1.29 is 4.79 Å². The second-order valence-corrected chi connectivity index (χ2v) is 5.87. The van der Waals surface area contributed by atoms with Gasteiger partial charge in [0.15, 0.2) is 0 Å². The molecule has 7 heteroatoms. The van der Waals surface area contributed by atoms with E-state index < -0.39 is 0 Å². The molecule has 4 nitrogen and oxygen atoms in total. The molecule has 0 unspecified atom stereocenters. The lowest BCUT2D eigenvalue weighted by Gasteiger charge is -2.07. The van der Waals surface area contributed by atoms with Crippen LogP contribution in [0.4, 0.5) is 5.82 Å². The van der Waals surface area contributed by atoms with Crippen molar-refractivity contribution in [2.45, 2.75) is 6.54 Å². The number of nitrogens with one attached hydrogen (secondary N) is 2. The highest BCUT2D eigenvalue weighted by Gasteiger charge is 2.13. The maximum atomic E-state index is 12.0. The number of thiophene rings is 1. The van der Waals surface area contributed by atoms with Crippen molar-refractivity contribution in [2.24, 2.45) is 0 Å². The fourth-order valence-corrected chi connectivity index (χ4v) is 2.66. The summed E-state index contributed by atoms with van der Waals surface area (Å²) in [5.74, 6) is 0.278. The Hall–Kier alpha value is -1.30. The zero-order chi connectivity index (χ0) is 13.8. The van der Waals surface area contributed by atoms with E-state index >= 15 is 0 Å². The molecule has 2 rings (SSSR count). The SMILES string of the molecule is CNc1ccc(Cl)c(C(=O)NCc2ccc(Cl)s2)n1. The van der Waals surface area contributed by atoms with E-state index in [1.807, 2.05) is 6.07 Å². The van der Waals surface area contributed by atoms with Crippen molar-refractivity contribution in [2.75, 3.05) is 12.4 Å². The van der Waals surface area contributed by atoms with Gasteiger partial charge in [-0.2, -0.15) is 0 Å². The molecule has 0 atom stereocenters. The zero-order valence-electron chi connectivity index (χ0n) is 10.0. The molecule has 0 aliphatic carbocycles. The summed E-state index contributed by atoms with van der Waals surface area (Å²) >= 11 is 13.2. The molecular formula is C12H11Cl2N3OS. The summed E-state index contributed by atoms with van der Waals surface area (Å²) in [6, 6.07) is 7.00. The molecule has 2 N–H and O–H groups in total. The van der Waals surface area contributed by atoms with Gasteiger partial charge in [-0.3, -0.25) is 4.79 Å². The number of hydrogen-bond donors (Lipinski definition) is 2.